The summed E-state index contributed by atoms with van der Waals surface area (Å²) in [7, 11) is -3.13. The molecule has 0 bridgehead atoms. The first-order chi connectivity index (χ1) is 20.3. The molecule has 8 nitrogen and oxygen atoms in total. The first-order valence-electron chi connectivity index (χ1n) is 13.6. The number of sulfone groups is 1. The van der Waals surface area contributed by atoms with E-state index < -0.39 is 15.4 Å². The van der Waals surface area contributed by atoms with Crippen LogP contribution in [0.5, 0.6) is 5.75 Å². The van der Waals surface area contributed by atoms with E-state index in [0.717, 1.165) is 32.2 Å². The van der Waals surface area contributed by atoms with Crippen LogP contribution in [0.1, 0.15) is 30.9 Å². The highest BCUT2D eigenvalue weighted by molar-refractivity contribution is 9.10. The molecule has 0 amide bonds. The number of halogens is 2. The number of aromatic nitrogens is 2. The smallest absolute Gasteiger partial charge is 0.160 e. The highest BCUT2D eigenvalue weighted by atomic mass is 79.9. The molecule has 1 unspecified atom stereocenters. The van der Waals surface area contributed by atoms with Gasteiger partial charge in [0.1, 0.15) is 30.3 Å². The third-order valence-electron chi connectivity index (χ3n) is 6.87. The minimum atomic E-state index is -3.13. The summed E-state index contributed by atoms with van der Waals surface area (Å²) in [5.41, 5.74) is 2.35. The lowest BCUT2D eigenvalue weighted by Crippen LogP contribution is -2.32. The average molecular weight is 657 g/mol. The molecule has 0 saturated heterocycles. The molecule has 220 valence electrons. The molecular weight excluding hydrogens is 625 g/mol. The minimum Gasteiger partial charge on any atom is -0.488 e. The van der Waals surface area contributed by atoms with Gasteiger partial charge in [-0.3, -0.25) is 0 Å². The van der Waals surface area contributed by atoms with Crippen LogP contribution < -0.4 is 10.1 Å². The second kappa shape index (κ2) is 13.2. The van der Waals surface area contributed by atoms with Crippen molar-refractivity contribution in [3.63, 3.8) is 0 Å². The van der Waals surface area contributed by atoms with Crippen molar-refractivity contribution in [2.24, 2.45) is 0 Å². The Morgan fingerprint density at radius 3 is 2.74 bits per heavy atom. The minimum absolute atomic E-state index is 0.0197. The molecule has 0 fully saturated rings. The molecule has 1 aromatic heterocycles. The van der Waals surface area contributed by atoms with Gasteiger partial charge in [-0.1, -0.05) is 25.1 Å². The fourth-order valence-corrected chi connectivity index (χ4v) is 6.41. The third kappa shape index (κ3) is 7.26. The fraction of sp³-hybridized carbons (Fsp3) is 0.290. The fourth-order valence-electron chi connectivity index (χ4n) is 4.72. The predicted molar refractivity (Wildman–Crippen MR) is 164 cm³/mol. The second-order valence-electron chi connectivity index (χ2n) is 10.0. The topological polar surface area (TPSA) is 99.6 Å². The Bertz CT molecular complexity index is 1690. The molecule has 1 atom stereocenters. The van der Waals surface area contributed by atoms with Gasteiger partial charge in [-0.05, 0) is 82.0 Å². The van der Waals surface area contributed by atoms with Gasteiger partial charge >= 0.3 is 0 Å². The van der Waals surface area contributed by atoms with Gasteiger partial charge in [-0.15, -0.1) is 0 Å². The number of hydrogen-bond acceptors (Lipinski definition) is 8. The van der Waals surface area contributed by atoms with E-state index in [1.54, 1.807) is 12.3 Å². The molecule has 42 heavy (non-hydrogen) atoms. The Hall–Kier alpha value is -3.54. The molecule has 0 spiro atoms. The molecule has 1 aliphatic heterocycles. The summed E-state index contributed by atoms with van der Waals surface area (Å²) in [6.07, 6.45) is 6.25. The molecule has 0 radical (unpaired) electrons. The zero-order valence-electron chi connectivity index (χ0n) is 23.1. The van der Waals surface area contributed by atoms with Crippen molar-refractivity contribution >= 4 is 48.2 Å². The van der Waals surface area contributed by atoms with E-state index in [-0.39, 0.29) is 37.1 Å². The Balaban J connectivity index is 1.32. The van der Waals surface area contributed by atoms with Crippen LogP contribution in [-0.4, -0.2) is 43.1 Å². The number of hydrogen-bond donors (Lipinski definition) is 1. The molecule has 0 aliphatic carbocycles. The lowest BCUT2D eigenvalue weighted by Gasteiger charge is -2.29. The zero-order chi connectivity index (χ0) is 29.6. The van der Waals surface area contributed by atoms with Crippen LogP contribution in [0, 0.1) is 5.82 Å². The highest BCUT2D eigenvalue weighted by Gasteiger charge is 2.36. The van der Waals surface area contributed by atoms with E-state index in [1.165, 1.54) is 18.5 Å². The summed E-state index contributed by atoms with van der Waals surface area (Å²) in [6.45, 7) is 2.39. The number of fused-ring (bicyclic) bond motifs is 1. The molecule has 1 aliphatic rings. The Labute approximate surface area is 253 Å². The summed E-state index contributed by atoms with van der Waals surface area (Å²) in [4.78, 5) is 8.91. The van der Waals surface area contributed by atoms with E-state index in [0.29, 0.717) is 24.4 Å². The third-order valence-corrected chi connectivity index (χ3v) is 9.30. The van der Waals surface area contributed by atoms with Crippen molar-refractivity contribution in [1.29, 1.82) is 0 Å². The van der Waals surface area contributed by atoms with Crippen molar-refractivity contribution in [2.45, 2.75) is 32.0 Å². The summed E-state index contributed by atoms with van der Waals surface area (Å²) in [6, 6.07) is 17.7. The summed E-state index contributed by atoms with van der Waals surface area (Å²) < 4.78 is 56.2. The van der Waals surface area contributed by atoms with Crippen molar-refractivity contribution < 1.29 is 27.0 Å². The van der Waals surface area contributed by atoms with Gasteiger partial charge in [0.05, 0.1) is 35.2 Å². The molecule has 2 heterocycles. The van der Waals surface area contributed by atoms with E-state index in [9.17, 15) is 12.8 Å². The predicted octanol–water partition coefficient (Wildman–Crippen LogP) is 6.82. The van der Waals surface area contributed by atoms with Crippen LogP contribution in [-0.2, 0) is 31.5 Å². The van der Waals surface area contributed by atoms with Gasteiger partial charge in [0.2, 0.25) is 0 Å². The van der Waals surface area contributed by atoms with Crippen molar-refractivity contribution in [3.8, 4) is 5.75 Å². The zero-order valence-corrected chi connectivity index (χ0v) is 25.5. The van der Waals surface area contributed by atoms with Gasteiger partial charge < -0.3 is 19.5 Å². The van der Waals surface area contributed by atoms with Gasteiger partial charge in [0, 0.05) is 23.2 Å². The molecular formula is C31H31BrFN3O5S. The second-order valence-corrected chi connectivity index (χ2v) is 13.2. The van der Waals surface area contributed by atoms with Crippen molar-refractivity contribution in [3.05, 3.63) is 101 Å². The molecule has 11 heteroatoms. The molecule has 5 rings (SSSR count). The number of ether oxygens (including phenoxy) is 3. The quantitative estimate of drug-likeness (QED) is 0.157. The van der Waals surface area contributed by atoms with Gasteiger partial charge in [0.25, 0.3) is 0 Å². The lowest BCUT2D eigenvalue weighted by molar-refractivity contribution is -0.0418. The molecule has 1 N–H and O–H groups in total. The van der Waals surface area contributed by atoms with Gasteiger partial charge in [-0.25, -0.2) is 22.8 Å². The number of benzene rings is 3. The van der Waals surface area contributed by atoms with E-state index in [4.69, 9.17) is 14.2 Å². The summed E-state index contributed by atoms with van der Waals surface area (Å²) in [5.74, 6) is 1.06. The van der Waals surface area contributed by atoms with Crippen molar-refractivity contribution in [1.82, 2.24) is 9.97 Å². The van der Waals surface area contributed by atoms with Gasteiger partial charge in [0.15, 0.2) is 15.4 Å². The van der Waals surface area contributed by atoms with Crippen LogP contribution in [0.2, 0.25) is 0 Å². The molecule has 3 aromatic carbocycles. The first kappa shape index (κ1) is 29.9. The largest absolute Gasteiger partial charge is 0.488 e. The Kier molecular flexibility index (Phi) is 9.40. The number of anilines is 2. The van der Waals surface area contributed by atoms with E-state index in [1.807, 2.05) is 55.5 Å². The maximum atomic E-state index is 13.5. The maximum absolute atomic E-state index is 13.5. The summed E-state index contributed by atoms with van der Waals surface area (Å²) >= 11 is 3.57. The lowest BCUT2D eigenvalue weighted by atomic mass is 9.91. The summed E-state index contributed by atoms with van der Waals surface area (Å²) in [5, 5.41) is 4.16. The number of rotatable bonds is 13. The SMILES string of the molecule is CCCS(=O)(=O)CCOCC1(c2ccc3ncnc(Nc4ccc(OCc5cccc(F)c5)c(Br)c4)c3c2)CC=CO1. The highest BCUT2D eigenvalue weighted by Crippen LogP contribution is 2.38. The Morgan fingerprint density at radius 1 is 1.10 bits per heavy atom. The van der Waals surface area contributed by atoms with Crippen molar-refractivity contribution in [2.75, 3.05) is 30.0 Å². The van der Waals surface area contributed by atoms with Crippen LogP contribution in [0.15, 0.2) is 83.8 Å². The monoisotopic (exact) mass is 655 g/mol. The Morgan fingerprint density at radius 2 is 1.98 bits per heavy atom. The first-order valence-corrected chi connectivity index (χ1v) is 16.2. The van der Waals surface area contributed by atoms with Crippen LogP contribution in [0.3, 0.4) is 0 Å². The molecule has 0 saturated carbocycles. The number of nitrogens with one attached hydrogen (secondary N) is 1. The average Bonchev–Trinajstić information content (AvgIpc) is 3.45. The van der Waals surface area contributed by atoms with E-state index in [2.05, 4.69) is 31.2 Å². The van der Waals surface area contributed by atoms with Gasteiger partial charge in [-0.2, -0.15) is 0 Å². The molecule has 4 aromatic rings. The van der Waals surface area contributed by atoms with E-state index >= 15 is 0 Å². The van der Waals surface area contributed by atoms with Crippen LogP contribution in [0.4, 0.5) is 15.9 Å². The number of nitrogens with zero attached hydrogens (tertiary/aromatic N) is 2. The van der Waals surface area contributed by atoms with Crippen LogP contribution >= 0.6 is 15.9 Å². The normalized spacial score (nSPS) is 16.5. The standard InChI is InChI=1S/C31H31BrFN3O5S/c1-2-14-42(37,38)15-13-39-20-31(11-4-12-41-31)23-7-9-28-26(17-23)30(35-21-34-28)36-25-8-10-29(27(32)18-25)40-19-22-5-3-6-24(33)16-22/h3-10,12,16-18,21H,2,11,13-15,19-20H2,1H3,(H,34,35,36). The van der Waals surface area contributed by atoms with Crippen LogP contribution in [0.25, 0.3) is 10.9 Å². The maximum Gasteiger partial charge on any atom is 0.160 e.